The van der Waals surface area contributed by atoms with E-state index in [0.717, 1.165) is 30.2 Å². The fourth-order valence-corrected chi connectivity index (χ4v) is 2.84. The maximum absolute atomic E-state index is 12.8. The quantitative estimate of drug-likeness (QED) is 0.477. The summed E-state index contributed by atoms with van der Waals surface area (Å²) in [5.41, 5.74) is 0.632. The first-order valence-corrected chi connectivity index (χ1v) is 9.32. The molecule has 0 saturated heterocycles. The zero-order valence-corrected chi connectivity index (χ0v) is 16.5. The van der Waals surface area contributed by atoms with E-state index >= 15 is 0 Å². The van der Waals surface area contributed by atoms with E-state index in [4.69, 9.17) is 0 Å². The number of pyridine rings is 1. The van der Waals surface area contributed by atoms with Gasteiger partial charge < -0.3 is 5.11 Å². The van der Waals surface area contributed by atoms with E-state index in [1.54, 1.807) is 19.1 Å². The summed E-state index contributed by atoms with van der Waals surface area (Å²) in [5, 5.41) is 27.8. The molecular formula is C19H21BrN4O2. The van der Waals surface area contributed by atoms with Gasteiger partial charge in [0.05, 0.1) is 5.69 Å². The van der Waals surface area contributed by atoms with E-state index in [2.05, 4.69) is 33.1 Å². The molecule has 1 aromatic carbocycles. The second-order valence-corrected chi connectivity index (χ2v) is 6.89. The monoisotopic (exact) mass is 416 g/mol. The molecule has 0 bridgehead atoms. The SMILES string of the molecule is CCCCCCn1c(O)c(C#N)c(C)c(N=Nc2ccc(Br)cc2)c1=O. The lowest BCUT2D eigenvalue weighted by Gasteiger charge is -2.12. The third kappa shape index (κ3) is 4.58. The van der Waals surface area contributed by atoms with Gasteiger partial charge in [-0.25, -0.2) is 0 Å². The molecule has 0 saturated carbocycles. The molecule has 6 nitrogen and oxygen atoms in total. The molecule has 136 valence electrons. The molecule has 0 aliphatic carbocycles. The Morgan fingerprint density at radius 2 is 1.88 bits per heavy atom. The van der Waals surface area contributed by atoms with Crippen molar-refractivity contribution in [2.45, 2.75) is 46.1 Å². The van der Waals surface area contributed by atoms with Crippen LogP contribution in [0.3, 0.4) is 0 Å². The van der Waals surface area contributed by atoms with Crippen LogP contribution in [-0.4, -0.2) is 9.67 Å². The Morgan fingerprint density at radius 1 is 1.19 bits per heavy atom. The Labute approximate surface area is 161 Å². The average Bonchev–Trinajstić information content (AvgIpc) is 2.63. The Hall–Kier alpha value is -2.46. The van der Waals surface area contributed by atoms with Crippen LogP contribution in [0.2, 0.25) is 0 Å². The first-order valence-electron chi connectivity index (χ1n) is 8.53. The minimum absolute atomic E-state index is 0.0600. The van der Waals surface area contributed by atoms with E-state index < -0.39 is 5.56 Å². The Kier molecular flexibility index (Phi) is 7.10. The number of aromatic hydroxyl groups is 1. The van der Waals surface area contributed by atoms with Gasteiger partial charge in [-0.15, -0.1) is 5.11 Å². The van der Waals surface area contributed by atoms with Gasteiger partial charge in [0.2, 0.25) is 5.88 Å². The van der Waals surface area contributed by atoms with Crippen molar-refractivity contribution in [2.24, 2.45) is 10.2 Å². The molecule has 1 heterocycles. The van der Waals surface area contributed by atoms with E-state index in [1.807, 2.05) is 18.2 Å². The van der Waals surface area contributed by atoms with Crippen LogP contribution in [0.4, 0.5) is 11.4 Å². The second kappa shape index (κ2) is 9.30. The molecule has 0 atom stereocenters. The van der Waals surface area contributed by atoms with Crippen molar-refractivity contribution >= 4 is 27.3 Å². The fourth-order valence-electron chi connectivity index (χ4n) is 2.58. The van der Waals surface area contributed by atoms with E-state index in [-0.39, 0.29) is 17.1 Å². The predicted octanol–water partition coefficient (Wildman–Crippen LogP) is 5.49. The first kappa shape index (κ1) is 19.9. The largest absolute Gasteiger partial charge is 0.493 e. The highest BCUT2D eigenvalue weighted by atomic mass is 79.9. The van der Waals surface area contributed by atoms with Crippen molar-refractivity contribution in [2.75, 3.05) is 0 Å². The van der Waals surface area contributed by atoms with Crippen LogP contribution in [0.1, 0.15) is 43.7 Å². The minimum atomic E-state index is -0.434. The van der Waals surface area contributed by atoms with Gasteiger partial charge in [-0.2, -0.15) is 10.4 Å². The summed E-state index contributed by atoms with van der Waals surface area (Å²) >= 11 is 3.35. The van der Waals surface area contributed by atoms with Crippen LogP contribution in [0, 0.1) is 18.3 Å². The predicted molar refractivity (Wildman–Crippen MR) is 104 cm³/mol. The maximum atomic E-state index is 12.8. The molecule has 0 aliphatic heterocycles. The van der Waals surface area contributed by atoms with Crippen LogP contribution in [0.15, 0.2) is 43.8 Å². The van der Waals surface area contributed by atoms with Gasteiger partial charge in [0.15, 0.2) is 5.69 Å². The lowest BCUT2D eigenvalue weighted by Crippen LogP contribution is -2.22. The summed E-state index contributed by atoms with van der Waals surface area (Å²) in [7, 11) is 0. The summed E-state index contributed by atoms with van der Waals surface area (Å²) in [6.07, 6.45) is 3.83. The molecule has 0 spiro atoms. The van der Waals surface area contributed by atoms with Crippen LogP contribution >= 0.6 is 15.9 Å². The number of unbranched alkanes of at least 4 members (excludes halogenated alkanes) is 3. The molecular weight excluding hydrogens is 396 g/mol. The molecule has 0 amide bonds. The van der Waals surface area contributed by atoms with Gasteiger partial charge in [-0.3, -0.25) is 9.36 Å². The molecule has 26 heavy (non-hydrogen) atoms. The summed E-state index contributed by atoms with van der Waals surface area (Å²) in [6, 6.07) is 9.13. The zero-order chi connectivity index (χ0) is 19.1. The van der Waals surface area contributed by atoms with Crippen LogP contribution in [0.25, 0.3) is 0 Å². The highest BCUT2D eigenvalue weighted by Gasteiger charge is 2.18. The van der Waals surface area contributed by atoms with Gasteiger partial charge in [0.25, 0.3) is 5.56 Å². The number of halogens is 1. The molecule has 0 aliphatic rings. The van der Waals surface area contributed by atoms with Gasteiger partial charge in [-0.05, 0) is 37.6 Å². The molecule has 7 heteroatoms. The van der Waals surface area contributed by atoms with Crippen molar-refractivity contribution in [3.8, 4) is 11.9 Å². The Balaban J connectivity index is 2.43. The topological polar surface area (TPSA) is 90.7 Å². The molecule has 0 unspecified atom stereocenters. The van der Waals surface area contributed by atoms with E-state index in [9.17, 15) is 15.2 Å². The van der Waals surface area contributed by atoms with Crippen LogP contribution in [-0.2, 0) is 6.54 Å². The van der Waals surface area contributed by atoms with Crippen molar-refractivity contribution in [3.63, 3.8) is 0 Å². The smallest absolute Gasteiger partial charge is 0.281 e. The van der Waals surface area contributed by atoms with E-state index in [0.29, 0.717) is 17.8 Å². The molecule has 0 radical (unpaired) electrons. The molecule has 1 N–H and O–H groups in total. The maximum Gasteiger partial charge on any atom is 0.281 e. The highest BCUT2D eigenvalue weighted by Crippen LogP contribution is 2.27. The lowest BCUT2D eigenvalue weighted by atomic mass is 10.1. The first-order chi connectivity index (χ1) is 12.5. The zero-order valence-electron chi connectivity index (χ0n) is 14.9. The van der Waals surface area contributed by atoms with Crippen molar-refractivity contribution in [3.05, 3.63) is 50.2 Å². The Morgan fingerprint density at radius 3 is 2.50 bits per heavy atom. The summed E-state index contributed by atoms with van der Waals surface area (Å²) in [5.74, 6) is -0.297. The molecule has 2 rings (SSSR count). The number of benzene rings is 1. The van der Waals surface area contributed by atoms with Gasteiger partial charge >= 0.3 is 0 Å². The number of aromatic nitrogens is 1. The lowest BCUT2D eigenvalue weighted by molar-refractivity contribution is 0.397. The number of nitriles is 1. The third-order valence-electron chi connectivity index (χ3n) is 4.10. The molecule has 2 aromatic rings. The van der Waals surface area contributed by atoms with Crippen LogP contribution < -0.4 is 5.56 Å². The molecule has 1 aromatic heterocycles. The summed E-state index contributed by atoms with van der Waals surface area (Å²) < 4.78 is 2.13. The van der Waals surface area contributed by atoms with Crippen molar-refractivity contribution in [1.82, 2.24) is 4.57 Å². The summed E-state index contributed by atoms with van der Waals surface area (Å²) in [4.78, 5) is 12.8. The number of azo groups is 1. The Bertz CT molecular complexity index is 896. The number of hydrogen-bond acceptors (Lipinski definition) is 5. The normalized spacial score (nSPS) is 11.0. The number of rotatable bonds is 7. The fraction of sp³-hybridized carbons (Fsp3) is 0.368. The van der Waals surface area contributed by atoms with Gasteiger partial charge in [0, 0.05) is 16.6 Å². The van der Waals surface area contributed by atoms with Crippen molar-refractivity contribution < 1.29 is 5.11 Å². The average molecular weight is 417 g/mol. The summed E-state index contributed by atoms with van der Waals surface area (Å²) in [6.45, 7) is 4.04. The van der Waals surface area contributed by atoms with E-state index in [1.165, 1.54) is 4.57 Å². The molecule has 0 fully saturated rings. The standard InChI is InChI=1S/C19H21BrN4O2/c1-3-4-5-6-11-24-18(25)16(12-21)13(2)17(19(24)26)23-22-15-9-7-14(20)8-10-15/h7-10,25H,3-6,11H2,1-2H3. The number of nitrogens with zero attached hydrogens (tertiary/aromatic N) is 4. The van der Waals surface area contributed by atoms with Crippen molar-refractivity contribution in [1.29, 1.82) is 5.26 Å². The highest BCUT2D eigenvalue weighted by molar-refractivity contribution is 9.10. The van der Waals surface area contributed by atoms with Crippen LogP contribution in [0.5, 0.6) is 5.88 Å². The minimum Gasteiger partial charge on any atom is -0.493 e. The third-order valence-corrected chi connectivity index (χ3v) is 4.63. The van der Waals surface area contributed by atoms with Gasteiger partial charge in [-0.1, -0.05) is 42.1 Å². The number of hydrogen-bond donors (Lipinski definition) is 1. The second-order valence-electron chi connectivity index (χ2n) is 5.98. The van der Waals surface area contributed by atoms with Gasteiger partial charge in [0.1, 0.15) is 11.6 Å².